The van der Waals surface area contributed by atoms with Crippen LogP contribution in [0.1, 0.15) is 11.1 Å². The molecule has 0 saturated heterocycles. The van der Waals surface area contributed by atoms with Crippen LogP contribution in [0.25, 0.3) is 17.0 Å². The Balaban J connectivity index is 1.40. The number of esters is 1. The molecule has 0 unspecified atom stereocenters. The monoisotopic (exact) mass is 426 g/mol. The summed E-state index contributed by atoms with van der Waals surface area (Å²) >= 11 is 0. The molecule has 1 N–H and O–H groups in total. The zero-order chi connectivity index (χ0) is 22.1. The zero-order valence-corrected chi connectivity index (χ0v) is 16.5. The van der Waals surface area contributed by atoms with Gasteiger partial charge in [0.15, 0.2) is 6.61 Å². The van der Waals surface area contributed by atoms with Gasteiger partial charge in [-0.05, 0) is 36.3 Å². The number of alkyl halides is 2. The summed E-state index contributed by atoms with van der Waals surface area (Å²) in [5.41, 5.74) is 2.37. The minimum Gasteiger partial charge on any atom is -0.452 e. The number of carbonyl (C=O) groups excluding carboxylic acids is 2. The van der Waals surface area contributed by atoms with Crippen molar-refractivity contribution in [1.29, 1.82) is 0 Å². The summed E-state index contributed by atoms with van der Waals surface area (Å²) in [4.78, 5) is 28.0. The molecule has 0 bridgehead atoms. The van der Waals surface area contributed by atoms with Crippen molar-refractivity contribution in [2.75, 3.05) is 13.2 Å². The number of nitrogens with one attached hydrogen (secondary N) is 1. The number of fused-ring (bicyclic) bond motifs is 1. The number of hydrogen-bond acceptors (Lipinski definition) is 5. The topological polar surface area (TPSA) is 77.5 Å². The lowest BCUT2D eigenvalue weighted by molar-refractivity contribution is -0.143. The fourth-order valence-corrected chi connectivity index (χ4v) is 2.84. The van der Waals surface area contributed by atoms with Gasteiger partial charge in [-0.3, -0.25) is 9.78 Å². The smallest absolute Gasteiger partial charge is 0.387 e. The van der Waals surface area contributed by atoms with Crippen LogP contribution in [0, 0.1) is 0 Å². The van der Waals surface area contributed by atoms with Crippen molar-refractivity contribution < 1.29 is 27.8 Å². The van der Waals surface area contributed by atoms with Crippen LogP contribution in [0.5, 0.6) is 5.75 Å². The van der Waals surface area contributed by atoms with Gasteiger partial charge in [-0.15, -0.1) is 0 Å². The number of ether oxygens (including phenoxy) is 2. The van der Waals surface area contributed by atoms with Crippen molar-refractivity contribution in [2.24, 2.45) is 0 Å². The molecular formula is C23H20F2N2O4. The first-order chi connectivity index (χ1) is 15.0. The Morgan fingerprint density at radius 2 is 1.84 bits per heavy atom. The molecule has 0 atom stereocenters. The van der Waals surface area contributed by atoms with E-state index in [1.54, 1.807) is 24.4 Å². The first-order valence-corrected chi connectivity index (χ1v) is 9.50. The highest BCUT2D eigenvalue weighted by atomic mass is 19.3. The number of benzene rings is 2. The van der Waals surface area contributed by atoms with Crippen LogP contribution in [0.4, 0.5) is 8.78 Å². The Labute approximate surface area is 177 Å². The molecular weight excluding hydrogens is 406 g/mol. The summed E-state index contributed by atoms with van der Waals surface area (Å²) in [7, 11) is 0. The largest absolute Gasteiger partial charge is 0.452 e. The molecule has 3 aromatic rings. The lowest BCUT2D eigenvalue weighted by Crippen LogP contribution is -2.30. The first-order valence-electron chi connectivity index (χ1n) is 9.50. The Kier molecular flexibility index (Phi) is 7.64. The van der Waals surface area contributed by atoms with E-state index < -0.39 is 25.1 Å². The molecule has 0 spiro atoms. The molecule has 0 aliphatic rings. The van der Waals surface area contributed by atoms with Crippen molar-refractivity contribution in [3.05, 3.63) is 78.0 Å². The highest BCUT2D eigenvalue weighted by molar-refractivity contribution is 5.93. The first kappa shape index (κ1) is 21.9. The maximum atomic E-state index is 12.1. The number of rotatable bonds is 9. The molecule has 0 fully saturated rings. The minimum atomic E-state index is -2.87. The van der Waals surface area contributed by atoms with Crippen molar-refractivity contribution in [3.8, 4) is 5.75 Å². The number of nitrogens with zero attached hydrogens (tertiary/aromatic N) is 1. The van der Waals surface area contributed by atoms with Crippen LogP contribution in [0.2, 0.25) is 0 Å². The molecule has 160 valence electrons. The van der Waals surface area contributed by atoms with E-state index in [4.69, 9.17) is 4.74 Å². The van der Waals surface area contributed by atoms with Gasteiger partial charge in [0, 0.05) is 29.8 Å². The van der Waals surface area contributed by atoms with Gasteiger partial charge in [0.1, 0.15) is 5.75 Å². The zero-order valence-electron chi connectivity index (χ0n) is 16.5. The van der Waals surface area contributed by atoms with Gasteiger partial charge in [-0.2, -0.15) is 8.78 Å². The van der Waals surface area contributed by atoms with E-state index in [9.17, 15) is 18.4 Å². The number of pyridine rings is 1. The SMILES string of the molecule is O=C(COC(=O)/C=C/c1cccc2cccnc12)NCCc1ccc(OC(F)F)cc1. The Hall–Kier alpha value is -3.81. The van der Waals surface area contributed by atoms with E-state index in [1.807, 2.05) is 30.3 Å². The third kappa shape index (κ3) is 6.88. The predicted octanol–water partition coefficient (Wildman–Crippen LogP) is 3.75. The maximum absolute atomic E-state index is 12.1. The van der Waals surface area contributed by atoms with E-state index in [-0.39, 0.29) is 5.75 Å². The fraction of sp³-hybridized carbons (Fsp3) is 0.174. The molecule has 1 heterocycles. The molecule has 1 amide bonds. The van der Waals surface area contributed by atoms with Gasteiger partial charge in [0.05, 0.1) is 5.52 Å². The molecule has 8 heteroatoms. The highest BCUT2D eigenvalue weighted by Gasteiger charge is 2.07. The van der Waals surface area contributed by atoms with E-state index in [2.05, 4.69) is 15.0 Å². The molecule has 0 saturated carbocycles. The molecule has 0 aliphatic carbocycles. The van der Waals surface area contributed by atoms with E-state index in [0.29, 0.717) is 13.0 Å². The molecule has 0 aliphatic heterocycles. The Bertz CT molecular complexity index is 1060. The summed E-state index contributed by atoms with van der Waals surface area (Å²) in [6.07, 6.45) is 5.01. The standard InChI is InChI=1S/C23H20F2N2O4/c24-23(25)31-19-9-6-16(7-10-19)12-14-26-20(28)15-30-21(29)11-8-18-4-1-3-17-5-2-13-27-22(17)18/h1-11,13,23H,12,14-15H2,(H,26,28)/b11-8+. The summed E-state index contributed by atoms with van der Waals surface area (Å²) in [6.45, 7) is -2.97. The maximum Gasteiger partial charge on any atom is 0.387 e. The number of carbonyl (C=O) groups is 2. The number of hydrogen-bond donors (Lipinski definition) is 1. The van der Waals surface area contributed by atoms with E-state index in [0.717, 1.165) is 22.0 Å². The molecule has 1 aromatic heterocycles. The third-order valence-corrected chi connectivity index (χ3v) is 4.29. The fourth-order valence-electron chi connectivity index (χ4n) is 2.84. The Morgan fingerprint density at radius 3 is 2.61 bits per heavy atom. The second kappa shape index (κ2) is 10.8. The second-order valence-electron chi connectivity index (χ2n) is 6.49. The van der Waals surface area contributed by atoms with Gasteiger partial charge in [0.2, 0.25) is 0 Å². The van der Waals surface area contributed by atoms with Gasteiger partial charge in [0.25, 0.3) is 5.91 Å². The summed E-state index contributed by atoms with van der Waals surface area (Å²) < 4.78 is 33.5. The number of aromatic nitrogens is 1. The van der Waals surface area contributed by atoms with Crippen LogP contribution >= 0.6 is 0 Å². The average molecular weight is 426 g/mol. The van der Waals surface area contributed by atoms with Crippen LogP contribution in [-0.4, -0.2) is 36.6 Å². The van der Waals surface area contributed by atoms with Crippen molar-refractivity contribution >= 4 is 28.9 Å². The van der Waals surface area contributed by atoms with Gasteiger partial charge in [-0.25, -0.2) is 4.79 Å². The van der Waals surface area contributed by atoms with Gasteiger partial charge >= 0.3 is 12.6 Å². The molecule has 3 rings (SSSR count). The van der Waals surface area contributed by atoms with E-state index in [1.165, 1.54) is 18.2 Å². The normalized spacial score (nSPS) is 11.1. The second-order valence-corrected chi connectivity index (χ2v) is 6.49. The van der Waals surface area contributed by atoms with Crippen molar-refractivity contribution in [2.45, 2.75) is 13.0 Å². The molecule has 2 aromatic carbocycles. The third-order valence-electron chi connectivity index (χ3n) is 4.29. The number of halogens is 2. The Morgan fingerprint density at radius 1 is 1.06 bits per heavy atom. The summed E-state index contributed by atoms with van der Waals surface area (Å²) in [5.74, 6) is -1.01. The number of para-hydroxylation sites is 1. The van der Waals surface area contributed by atoms with Gasteiger partial charge < -0.3 is 14.8 Å². The average Bonchev–Trinajstić information content (AvgIpc) is 2.77. The van der Waals surface area contributed by atoms with Crippen LogP contribution in [0.3, 0.4) is 0 Å². The van der Waals surface area contributed by atoms with Crippen LogP contribution in [-0.2, 0) is 20.7 Å². The lowest BCUT2D eigenvalue weighted by atomic mass is 10.1. The predicted molar refractivity (Wildman–Crippen MR) is 112 cm³/mol. The minimum absolute atomic E-state index is 0.0713. The van der Waals surface area contributed by atoms with E-state index >= 15 is 0 Å². The van der Waals surface area contributed by atoms with Crippen LogP contribution in [0.15, 0.2) is 66.9 Å². The quantitative estimate of drug-likeness (QED) is 0.417. The lowest BCUT2D eigenvalue weighted by Gasteiger charge is -2.07. The van der Waals surface area contributed by atoms with Crippen LogP contribution < -0.4 is 10.1 Å². The molecule has 6 nitrogen and oxygen atoms in total. The molecule has 0 radical (unpaired) electrons. The molecule has 31 heavy (non-hydrogen) atoms. The highest BCUT2D eigenvalue weighted by Crippen LogP contribution is 2.17. The van der Waals surface area contributed by atoms with Crippen molar-refractivity contribution in [1.82, 2.24) is 10.3 Å². The van der Waals surface area contributed by atoms with Crippen molar-refractivity contribution in [3.63, 3.8) is 0 Å². The van der Waals surface area contributed by atoms with Gasteiger partial charge in [-0.1, -0.05) is 36.4 Å². The summed E-state index contributed by atoms with van der Waals surface area (Å²) in [5, 5.41) is 3.58. The summed E-state index contributed by atoms with van der Waals surface area (Å²) in [6, 6.07) is 15.5. The number of amides is 1.